The SMILES string of the molecule is O=C(O)c1c(NSc2ccc(F)cc2/C=C\CN2CCC(O)CC2)ccc2c1OCC1CC21. The number of piperidine rings is 1. The number of hydrogen-bond acceptors (Lipinski definition) is 6. The van der Waals surface area contributed by atoms with Crippen molar-refractivity contribution in [2.75, 3.05) is 31.0 Å². The Kier molecular flexibility index (Phi) is 6.32. The summed E-state index contributed by atoms with van der Waals surface area (Å²) >= 11 is 1.26. The number of carboxylic acid groups (broad SMARTS) is 1. The summed E-state index contributed by atoms with van der Waals surface area (Å²) in [6.45, 7) is 2.99. The average molecular weight is 471 g/mol. The van der Waals surface area contributed by atoms with Gasteiger partial charge in [-0.05, 0) is 72.5 Å². The minimum Gasteiger partial charge on any atom is -0.492 e. The fourth-order valence-electron chi connectivity index (χ4n) is 4.63. The van der Waals surface area contributed by atoms with Crippen molar-refractivity contribution < 1.29 is 24.1 Å². The fraction of sp³-hybridized carbons (Fsp3) is 0.400. The molecule has 2 heterocycles. The van der Waals surface area contributed by atoms with E-state index in [-0.39, 0.29) is 17.5 Å². The first kappa shape index (κ1) is 22.3. The summed E-state index contributed by atoms with van der Waals surface area (Å²) < 4.78 is 22.9. The third kappa shape index (κ3) is 4.88. The van der Waals surface area contributed by atoms with Gasteiger partial charge in [0.2, 0.25) is 0 Å². The smallest absolute Gasteiger partial charge is 0.341 e. The number of anilines is 1. The number of aromatic carboxylic acids is 1. The first-order chi connectivity index (χ1) is 16.0. The van der Waals surface area contributed by atoms with Gasteiger partial charge in [0.1, 0.15) is 17.1 Å². The lowest BCUT2D eigenvalue weighted by atomic mass is 10.0. The molecule has 2 aliphatic heterocycles. The molecule has 2 fully saturated rings. The van der Waals surface area contributed by atoms with Crippen LogP contribution in [0.2, 0.25) is 0 Å². The predicted octanol–water partition coefficient (Wildman–Crippen LogP) is 4.61. The van der Waals surface area contributed by atoms with Gasteiger partial charge in [0.05, 0.1) is 18.4 Å². The highest BCUT2D eigenvalue weighted by molar-refractivity contribution is 8.00. The number of hydrogen-bond donors (Lipinski definition) is 3. The minimum atomic E-state index is -1.03. The van der Waals surface area contributed by atoms with E-state index in [9.17, 15) is 19.4 Å². The molecule has 0 aromatic heterocycles. The molecule has 2 atom stereocenters. The molecule has 5 rings (SSSR count). The third-order valence-corrected chi connectivity index (χ3v) is 7.54. The Balaban J connectivity index is 1.31. The van der Waals surface area contributed by atoms with Gasteiger partial charge in [-0.2, -0.15) is 0 Å². The second kappa shape index (κ2) is 9.37. The molecule has 0 spiro atoms. The van der Waals surface area contributed by atoms with Gasteiger partial charge in [-0.25, -0.2) is 9.18 Å². The van der Waals surface area contributed by atoms with E-state index in [2.05, 4.69) is 9.62 Å². The van der Waals surface area contributed by atoms with E-state index in [0.29, 0.717) is 29.9 Å². The third-order valence-electron chi connectivity index (χ3n) is 6.63. The molecule has 33 heavy (non-hydrogen) atoms. The predicted molar refractivity (Wildman–Crippen MR) is 126 cm³/mol. The molecule has 0 amide bonds. The van der Waals surface area contributed by atoms with Crippen molar-refractivity contribution in [1.82, 2.24) is 4.90 Å². The van der Waals surface area contributed by atoms with Gasteiger partial charge in [0, 0.05) is 30.4 Å². The van der Waals surface area contributed by atoms with Crippen LogP contribution in [-0.2, 0) is 0 Å². The van der Waals surface area contributed by atoms with Crippen LogP contribution in [0, 0.1) is 11.7 Å². The largest absolute Gasteiger partial charge is 0.492 e. The van der Waals surface area contributed by atoms with Crippen LogP contribution in [0.4, 0.5) is 10.1 Å². The van der Waals surface area contributed by atoms with Gasteiger partial charge < -0.3 is 19.7 Å². The number of nitrogens with one attached hydrogen (secondary N) is 1. The van der Waals surface area contributed by atoms with Crippen molar-refractivity contribution in [3.63, 3.8) is 0 Å². The van der Waals surface area contributed by atoms with Crippen molar-refractivity contribution in [3.05, 3.63) is 58.9 Å². The second-order valence-electron chi connectivity index (χ2n) is 8.95. The molecule has 0 radical (unpaired) electrons. The Morgan fingerprint density at radius 1 is 1.27 bits per heavy atom. The topological polar surface area (TPSA) is 82.0 Å². The van der Waals surface area contributed by atoms with Crippen molar-refractivity contribution in [2.24, 2.45) is 5.92 Å². The van der Waals surface area contributed by atoms with Gasteiger partial charge in [-0.1, -0.05) is 18.2 Å². The zero-order chi connectivity index (χ0) is 22.9. The van der Waals surface area contributed by atoms with Gasteiger partial charge in [-0.3, -0.25) is 4.90 Å². The summed E-state index contributed by atoms with van der Waals surface area (Å²) in [6, 6.07) is 8.31. The zero-order valence-corrected chi connectivity index (χ0v) is 19.0. The number of fused-ring (bicyclic) bond motifs is 3. The normalized spacial score (nSPS) is 22.5. The van der Waals surface area contributed by atoms with E-state index in [0.717, 1.165) is 54.9 Å². The molecule has 1 saturated carbocycles. The molecule has 174 valence electrons. The molecule has 0 bridgehead atoms. The average Bonchev–Trinajstić information content (AvgIpc) is 3.59. The first-order valence-corrected chi connectivity index (χ1v) is 12.1. The summed E-state index contributed by atoms with van der Waals surface area (Å²) in [5, 5.41) is 19.5. The number of rotatable bonds is 7. The lowest BCUT2D eigenvalue weighted by Gasteiger charge is -2.28. The number of ether oxygens (including phenoxy) is 1. The van der Waals surface area contributed by atoms with Crippen LogP contribution in [0.25, 0.3) is 6.08 Å². The van der Waals surface area contributed by atoms with E-state index >= 15 is 0 Å². The maximum Gasteiger partial charge on any atom is 0.341 e. The Morgan fingerprint density at radius 2 is 2.09 bits per heavy atom. The molecule has 6 nitrogen and oxygen atoms in total. The highest BCUT2D eigenvalue weighted by Crippen LogP contribution is 2.55. The van der Waals surface area contributed by atoms with Crippen LogP contribution in [-0.4, -0.2) is 53.4 Å². The lowest BCUT2D eigenvalue weighted by Crippen LogP contribution is -2.35. The monoisotopic (exact) mass is 470 g/mol. The highest BCUT2D eigenvalue weighted by atomic mass is 32.2. The van der Waals surface area contributed by atoms with Crippen LogP contribution in [0.1, 0.15) is 46.7 Å². The molecule has 3 N–H and O–H groups in total. The Labute approximate surface area is 196 Å². The minimum absolute atomic E-state index is 0.150. The van der Waals surface area contributed by atoms with Gasteiger partial charge in [-0.15, -0.1) is 0 Å². The van der Waals surface area contributed by atoms with E-state index < -0.39 is 5.97 Å². The molecule has 3 aliphatic rings. The van der Waals surface area contributed by atoms with Crippen LogP contribution < -0.4 is 9.46 Å². The molecule has 2 aromatic rings. The Hall–Kier alpha value is -2.55. The molecule has 8 heteroatoms. The summed E-state index contributed by atoms with van der Waals surface area (Å²) in [5.41, 5.74) is 2.32. The summed E-state index contributed by atoms with van der Waals surface area (Å²) in [5.74, 6) is 0.0339. The molecule has 2 unspecified atom stereocenters. The maximum atomic E-state index is 13.9. The number of halogens is 1. The van der Waals surface area contributed by atoms with E-state index in [1.807, 2.05) is 18.2 Å². The molecular formula is C25H27FN2O4S. The molecule has 2 aromatic carbocycles. The number of benzene rings is 2. The Morgan fingerprint density at radius 3 is 2.88 bits per heavy atom. The number of carbonyl (C=O) groups is 1. The van der Waals surface area contributed by atoms with E-state index in [1.54, 1.807) is 12.1 Å². The number of carboxylic acids is 1. The summed E-state index contributed by atoms with van der Waals surface area (Å²) in [7, 11) is 0. The maximum absolute atomic E-state index is 13.9. The molecule has 1 saturated heterocycles. The highest BCUT2D eigenvalue weighted by Gasteiger charge is 2.45. The van der Waals surface area contributed by atoms with Gasteiger partial charge in [0.15, 0.2) is 0 Å². The number of aliphatic hydroxyl groups excluding tert-OH is 1. The zero-order valence-electron chi connectivity index (χ0n) is 18.2. The van der Waals surface area contributed by atoms with E-state index in [4.69, 9.17) is 4.74 Å². The first-order valence-electron chi connectivity index (χ1n) is 11.3. The van der Waals surface area contributed by atoms with E-state index in [1.165, 1.54) is 24.1 Å². The van der Waals surface area contributed by atoms with Crippen LogP contribution in [0.5, 0.6) is 5.75 Å². The Bertz CT molecular complexity index is 1080. The van der Waals surface area contributed by atoms with Gasteiger partial charge in [0.25, 0.3) is 0 Å². The molecular weight excluding hydrogens is 443 g/mol. The van der Waals surface area contributed by atoms with Crippen LogP contribution in [0.15, 0.2) is 41.3 Å². The summed E-state index contributed by atoms with van der Waals surface area (Å²) in [6.07, 6.45) is 6.28. The summed E-state index contributed by atoms with van der Waals surface area (Å²) in [4.78, 5) is 15.1. The van der Waals surface area contributed by atoms with Crippen LogP contribution >= 0.6 is 11.9 Å². The number of aliphatic hydroxyl groups is 1. The lowest BCUT2D eigenvalue weighted by molar-refractivity contribution is 0.0692. The van der Waals surface area contributed by atoms with Crippen molar-refractivity contribution in [2.45, 2.75) is 36.2 Å². The molecule has 1 aliphatic carbocycles. The van der Waals surface area contributed by atoms with Crippen molar-refractivity contribution >= 4 is 29.7 Å². The second-order valence-corrected chi connectivity index (χ2v) is 9.79. The van der Waals surface area contributed by atoms with Crippen molar-refractivity contribution in [1.29, 1.82) is 0 Å². The number of nitrogens with zero attached hydrogens (tertiary/aromatic N) is 1. The van der Waals surface area contributed by atoms with Crippen molar-refractivity contribution in [3.8, 4) is 5.75 Å². The van der Waals surface area contributed by atoms with Crippen LogP contribution in [0.3, 0.4) is 0 Å². The fourth-order valence-corrected chi connectivity index (χ4v) is 5.40. The quantitative estimate of drug-likeness (QED) is 0.510. The van der Waals surface area contributed by atoms with Gasteiger partial charge >= 0.3 is 5.97 Å². The standard InChI is InChI=1S/C25H27FN2O4S/c26-17-3-6-22(15(12-17)2-1-9-28-10-7-18(29)8-11-28)33-27-21-5-4-19-20-13-16(20)14-32-24(19)23(21)25(30)31/h1-6,12,16,18,20,27,29H,7-11,13-14H2,(H,30,31)/b2-1-. The number of likely N-dealkylation sites (tertiary alicyclic amines) is 1.